The van der Waals surface area contributed by atoms with E-state index >= 15 is 0 Å². The smallest absolute Gasteiger partial charge is 0.212 e. The standard InChI is InChI=1S/C6H4N6/c7-1-3-11-4-5(8)9-2-10-6(4)12-3/h2H,(H3,8,9,10,11,12). The molecule has 0 saturated heterocycles. The molecule has 0 atom stereocenters. The number of nitriles is 1. The molecular formula is C6H4N6. The first-order valence-electron chi connectivity index (χ1n) is 3.17. The molecule has 0 saturated carbocycles. The summed E-state index contributed by atoms with van der Waals surface area (Å²) in [4.78, 5) is 14.1. The molecular weight excluding hydrogens is 156 g/mol. The molecule has 0 spiro atoms. The minimum Gasteiger partial charge on any atom is -0.382 e. The second-order valence-electron chi connectivity index (χ2n) is 2.15. The van der Waals surface area contributed by atoms with Crippen LogP contribution in [0.5, 0.6) is 0 Å². The first-order chi connectivity index (χ1) is 5.81. The van der Waals surface area contributed by atoms with E-state index in [1.54, 1.807) is 0 Å². The number of imidazole rings is 1. The van der Waals surface area contributed by atoms with Crippen molar-refractivity contribution in [3.8, 4) is 6.07 Å². The normalized spacial score (nSPS) is 9.92. The molecule has 0 unspecified atom stereocenters. The highest BCUT2D eigenvalue weighted by atomic mass is 15.0. The fourth-order valence-electron chi connectivity index (χ4n) is 0.899. The molecule has 2 aromatic heterocycles. The van der Waals surface area contributed by atoms with Crippen LogP contribution in [0.4, 0.5) is 5.82 Å². The van der Waals surface area contributed by atoms with Crippen LogP contribution < -0.4 is 5.73 Å². The number of hydrogen-bond acceptors (Lipinski definition) is 5. The monoisotopic (exact) mass is 160 g/mol. The lowest BCUT2D eigenvalue weighted by Gasteiger charge is -1.89. The summed E-state index contributed by atoms with van der Waals surface area (Å²) in [5.74, 6) is 0.492. The fourth-order valence-corrected chi connectivity index (χ4v) is 0.899. The zero-order valence-corrected chi connectivity index (χ0v) is 5.94. The van der Waals surface area contributed by atoms with Crippen molar-refractivity contribution in [1.82, 2.24) is 19.9 Å². The van der Waals surface area contributed by atoms with Crippen LogP contribution in [0.15, 0.2) is 6.33 Å². The topological polar surface area (TPSA) is 104 Å². The van der Waals surface area contributed by atoms with Crippen molar-refractivity contribution in [2.75, 3.05) is 5.73 Å². The van der Waals surface area contributed by atoms with E-state index in [0.717, 1.165) is 0 Å². The summed E-state index contributed by atoms with van der Waals surface area (Å²) >= 11 is 0. The predicted octanol–water partition coefficient (Wildman–Crippen LogP) is -0.193. The number of nitrogen functional groups attached to an aromatic ring is 1. The first kappa shape index (κ1) is 6.54. The number of rotatable bonds is 0. The third kappa shape index (κ3) is 0.769. The summed E-state index contributed by atoms with van der Waals surface area (Å²) in [5, 5.41) is 8.50. The highest BCUT2D eigenvalue weighted by molar-refractivity contribution is 5.81. The zero-order valence-electron chi connectivity index (χ0n) is 5.94. The molecule has 0 fully saturated rings. The van der Waals surface area contributed by atoms with Gasteiger partial charge in [-0.25, -0.2) is 9.97 Å². The van der Waals surface area contributed by atoms with Crippen molar-refractivity contribution in [1.29, 1.82) is 5.26 Å². The maximum absolute atomic E-state index is 8.50. The van der Waals surface area contributed by atoms with E-state index in [-0.39, 0.29) is 5.82 Å². The Kier molecular flexibility index (Phi) is 1.18. The van der Waals surface area contributed by atoms with Crippen molar-refractivity contribution in [2.45, 2.75) is 0 Å². The number of H-pyrrole nitrogens is 1. The van der Waals surface area contributed by atoms with Crippen LogP contribution in [0.25, 0.3) is 11.2 Å². The molecule has 2 aromatic rings. The number of nitrogens with one attached hydrogen (secondary N) is 1. The van der Waals surface area contributed by atoms with Gasteiger partial charge in [-0.05, 0) is 0 Å². The summed E-state index contributed by atoms with van der Waals surface area (Å²) in [5.41, 5.74) is 6.42. The molecule has 0 aromatic carbocycles. The van der Waals surface area contributed by atoms with Crippen LogP contribution in [-0.4, -0.2) is 19.9 Å². The minimum atomic E-state index is 0.192. The van der Waals surface area contributed by atoms with Gasteiger partial charge in [0.25, 0.3) is 0 Å². The number of nitrogens with two attached hydrogens (primary N) is 1. The lowest BCUT2D eigenvalue weighted by atomic mass is 10.5. The first-order valence-corrected chi connectivity index (χ1v) is 3.17. The Hall–Kier alpha value is -2.16. The second kappa shape index (κ2) is 2.17. The van der Waals surface area contributed by atoms with E-state index in [1.165, 1.54) is 6.33 Å². The fraction of sp³-hybridized carbons (Fsp3) is 0. The number of aromatic nitrogens is 4. The molecule has 58 valence electrons. The van der Waals surface area contributed by atoms with E-state index in [4.69, 9.17) is 11.0 Å². The molecule has 0 aliphatic heterocycles. The molecule has 12 heavy (non-hydrogen) atoms. The van der Waals surface area contributed by atoms with Gasteiger partial charge in [0.2, 0.25) is 5.82 Å². The molecule has 2 rings (SSSR count). The van der Waals surface area contributed by atoms with E-state index in [1.807, 2.05) is 6.07 Å². The van der Waals surface area contributed by atoms with Gasteiger partial charge in [0.05, 0.1) is 0 Å². The quantitative estimate of drug-likeness (QED) is 0.555. The van der Waals surface area contributed by atoms with Gasteiger partial charge in [0, 0.05) is 0 Å². The number of nitrogens with zero attached hydrogens (tertiary/aromatic N) is 4. The van der Waals surface area contributed by atoms with Gasteiger partial charge in [0.1, 0.15) is 17.9 Å². The third-order valence-corrected chi connectivity index (χ3v) is 1.42. The van der Waals surface area contributed by atoms with Gasteiger partial charge in [-0.2, -0.15) is 10.2 Å². The summed E-state index contributed by atoms with van der Waals surface area (Å²) in [6.45, 7) is 0. The molecule has 0 aliphatic carbocycles. The van der Waals surface area contributed by atoms with Gasteiger partial charge in [-0.3, -0.25) is 0 Å². The van der Waals surface area contributed by atoms with Crippen molar-refractivity contribution < 1.29 is 0 Å². The molecule has 0 aliphatic rings. The van der Waals surface area contributed by atoms with Gasteiger partial charge in [-0.1, -0.05) is 0 Å². The summed E-state index contributed by atoms with van der Waals surface area (Å²) in [6.07, 6.45) is 1.31. The second-order valence-corrected chi connectivity index (χ2v) is 2.15. The Bertz CT molecular complexity index is 464. The molecule has 3 N–H and O–H groups in total. The molecule has 0 radical (unpaired) electrons. The van der Waals surface area contributed by atoms with Crippen LogP contribution in [0, 0.1) is 11.3 Å². The molecule has 6 nitrogen and oxygen atoms in total. The lowest BCUT2D eigenvalue weighted by Crippen LogP contribution is -1.91. The number of aromatic amines is 1. The summed E-state index contributed by atoms with van der Waals surface area (Å²) in [7, 11) is 0. The van der Waals surface area contributed by atoms with Crippen molar-refractivity contribution in [3.63, 3.8) is 0 Å². The Balaban J connectivity index is 2.85. The van der Waals surface area contributed by atoms with Gasteiger partial charge < -0.3 is 10.7 Å². The molecule has 0 bridgehead atoms. The van der Waals surface area contributed by atoms with Gasteiger partial charge in [-0.15, -0.1) is 0 Å². The van der Waals surface area contributed by atoms with E-state index in [2.05, 4.69) is 19.9 Å². The van der Waals surface area contributed by atoms with Crippen molar-refractivity contribution in [2.24, 2.45) is 0 Å². The maximum Gasteiger partial charge on any atom is 0.212 e. The van der Waals surface area contributed by atoms with E-state index in [9.17, 15) is 0 Å². The van der Waals surface area contributed by atoms with Crippen LogP contribution in [0.3, 0.4) is 0 Å². The Labute approximate surface area is 67.1 Å². The number of fused-ring (bicyclic) bond motifs is 1. The number of anilines is 1. The molecule has 0 amide bonds. The van der Waals surface area contributed by atoms with Crippen LogP contribution in [-0.2, 0) is 0 Å². The highest BCUT2D eigenvalue weighted by Crippen LogP contribution is 2.11. The van der Waals surface area contributed by atoms with Crippen molar-refractivity contribution >= 4 is 17.0 Å². The van der Waals surface area contributed by atoms with Crippen LogP contribution >= 0.6 is 0 Å². The van der Waals surface area contributed by atoms with Crippen LogP contribution in [0.2, 0.25) is 0 Å². The lowest BCUT2D eigenvalue weighted by molar-refractivity contribution is 1.20. The van der Waals surface area contributed by atoms with Gasteiger partial charge in [0.15, 0.2) is 11.5 Å². The zero-order chi connectivity index (χ0) is 8.55. The highest BCUT2D eigenvalue weighted by Gasteiger charge is 2.05. The third-order valence-electron chi connectivity index (χ3n) is 1.42. The molecule has 2 heterocycles. The van der Waals surface area contributed by atoms with E-state index < -0.39 is 0 Å². The summed E-state index contributed by atoms with van der Waals surface area (Å²) in [6, 6.07) is 1.85. The van der Waals surface area contributed by atoms with Crippen LogP contribution in [0.1, 0.15) is 5.82 Å². The Morgan fingerprint density at radius 1 is 1.50 bits per heavy atom. The van der Waals surface area contributed by atoms with E-state index in [0.29, 0.717) is 17.0 Å². The average molecular weight is 160 g/mol. The summed E-state index contributed by atoms with van der Waals surface area (Å²) < 4.78 is 0. The Morgan fingerprint density at radius 2 is 2.33 bits per heavy atom. The minimum absolute atomic E-state index is 0.192. The molecule has 6 heteroatoms. The predicted molar refractivity (Wildman–Crippen MR) is 40.8 cm³/mol. The van der Waals surface area contributed by atoms with Crippen molar-refractivity contribution in [3.05, 3.63) is 12.2 Å². The maximum atomic E-state index is 8.50. The van der Waals surface area contributed by atoms with Gasteiger partial charge >= 0.3 is 0 Å². The number of hydrogen-bond donors (Lipinski definition) is 2. The largest absolute Gasteiger partial charge is 0.382 e. The SMILES string of the molecule is N#Cc1nc2ncnc(N)c2[nH]1. The Morgan fingerprint density at radius 3 is 3.00 bits per heavy atom. The average Bonchev–Trinajstić information content (AvgIpc) is 2.49.